The molecule has 3 nitrogen and oxygen atoms in total. The second-order valence-electron chi connectivity index (χ2n) is 4.30. The van der Waals surface area contributed by atoms with Crippen LogP contribution in [0.15, 0.2) is 18.5 Å². The molecule has 0 bridgehead atoms. The summed E-state index contributed by atoms with van der Waals surface area (Å²) in [4.78, 5) is 2.48. The first-order valence-electron chi connectivity index (χ1n) is 6.30. The van der Waals surface area contributed by atoms with E-state index >= 15 is 0 Å². The van der Waals surface area contributed by atoms with Gasteiger partial charge in [0.05, 0.1) is 0 Å². The Hall–Kier alpha value is -0.800. The maximum Gasteiger partial charge on any atom is 0.0221 e. The molecule has 0 aliphatic carbocycles. The standard InChI is InChI=1S/C13H25N3/c1-4-8-16(5-2)10-7-14-11-13-6-9-15(3)12-13/h6,9,12,14H,4-5,7-8,10-11H2,1-3H3. The minimum atomic E-state index is 0.977. The molecule has 1 aromatic rings. The number of hydrogen-bond acceptors (Lipinski definition) is 2. The summed E-state index contributed by atoms with van der Waals surface area (Å²) in [6.45, 7) is 10.0. The Bertz CT molecular complexity index is 280. The van der Waals surface area contributed by atoms with Gasteiger partial charge in [0, 0.05) is 39.1 Å². The molecule has 0 saturated carbocycles. The number of nitrogens with zero attached hydrogens (tertiary/aromatic N) is 2. The van der Waals surface area contributed by atoms with Crippen LogP contribution in [0.25, 0.3) is 0 Å². The average molecular weight is 223 g/mol. The third-order valence-corrected chi connectivity index (χ3v) is 2.81. The highest BCUT2D eigenvalue weighted by Gasteiger charge is 1.99. The lowest BCUT2D eigenvalue weighted by atomic mass is 10.3. The van der Waals surface area contributed by atoms with Gasteiger partial charge in [0.2, 0.25) is 0 Å². The Kier molecular flexibility index (Phi) is 6.19. The fourth-order valence-electron chi connectivity index (χ4n) is 1.88. The summed E-state index contributed by atoms with van der Waals surface area (Å²) in [5.41, 5.74) is 1.36. The fourth-order valence-corrected chi connectivity index (χ4v) is 1.88. The highest BCUT2D eigenvalue weighted by Crippen LogP contribution is 1.98. The molecule has 1 N–H and O–H groups in total. The molecule has 16 heavy (non-hydrogen) atoms. The molecule has 0 unspecified atom stereocenters. The zero-order valence-corrected chi connectivity index (χ0v) is 10.9. The quantitative estimate of drug-likeness (QED) is 0.679. The average Bonchev–Trinajstić information content (AvgIpc) is 2.69. The van der Waals surface area contributed by atoms with Crippen molar-refractivity contribution < 1.29 is 0 Å². The number of hydrogen-bond donors (Lipinski definition) is 1. The molecule has 1 aromatic heterocycles. The maximum atomic E-state index is 3.48. The number of aromatic nitrogens is 1. The molecule has 3 heteroatoms. The lowest BCUT2D eigenvalue weighted by Gasteiger charge is -2.19. The molecule has 92 valence electrons. The Balaban J connectivity index is 2.11. The molecule has 0 radical (unpaired) electrons. The minimum absolute atomic E-state index is 0.977. The van der Waals surface area contributed by atoms with Gasteiger partial charge in [0.15, 0.2) is 0 Å². The molecule has 1 heterocycles. The minimum Gasteiger partial charge on any atom is -0.357 e. The summed E-state index contributed by atoms with van der Waals surface area (Å²) in [5.74, 6) is 0. The third kappa shape index (κ3) is 4.81. The summed E-state index contributed by atoms with van der Waals surface area (Å²) in [5, 5.41) is 3.48. The van der Waals surface area contributed by atoms with Crippen LogP contribution in [-0.2, 0) is 13.6 Å². The SMILES string of the molecule is CCCN(CC)CCNCc1ccn(C)c1. The second kappa shape index (κ2) is 7.47. The van der Waals surface area contributed by atoms with E-state index in [1.807, 2.05) is 0 Å². The van der Waals surface area contributed by atoms with Crippen LogP contribution in [0, 0.1) is 0 Å². The van der Waals surface area contributed by atoms with E-state index < -0.39 is 0 Å². The smallest absolute Gasteiger partial charge is 0.0221 e. The molecule has 0 aliphatic rings. The summed E-state index contributed by atoms with van der Waals surface area (Å²) in [7, 11) is 2.06. The van der Waals surface area contributed by atoms with Crippen molar-refractivity contribution in [3.05, 3.63) is 24.0 Å². The van der Waals surface area contributed by atoms with Crippen LogP contribution in [0.4, 0.5) is 0 Å². The van der Waals surface area contributed by atoms with Crippen molar-refractivity contribution >= 4 is 0 Å². The van der Waals surface area contributed by atoms with Crippen molar-refractivity contribution in [2.75, 3.05) is 26.2 Å². The lowest BCUT2D eigenvalue weighted by Crippen LogP contribution is -2.32. The van der Waals surface area contributed by atoms with Crippen molar-refractivity contribution in [2.24, 2.45) is 7.05 Å². The summed E-state index contributed by atoms with van der Waals surface area (Å²) in [6.07, 6.45) is 5.50. The molecule has 0 atom stereocenters. The van der Waals surface area contributed by atoms with E-state index in [-0.39, 0.29) is 0 Å². The monoisotopic (exact) mass is 223 g/mol. The largest absolute Gasteiger partial charge is 0.357 e. The number of nitrogens with one attached hydrogen (secondary N) is 1. The molecule has 0 amide bonds. The van der Waals surface area contributed by atoms with Crippen molar-refractivity contribution in [3.63, 3.8) is 0 Å². The summed E-state index contributed by atoms with van der Waals surface area (Å²) in [6, 6.07) is 2.16. The molecular weight excluding hydrogens is 198 g/mol. The number of rotatable bonds is 8. The number of aryl methyl sites for hydroxylation is 1. The van der Waals surface area contributed by atoms with Crippen LogP contribution in [0.2, 0.25) is 0 Å². The molecular formula is C13H25N3. The first-order valence-corrected chi connectivity index (χ1v) is 6.30. The van der Waals surface area contributed by atoms with Gasteiger partial charge in [-0.15, -0.1) is 0 Å². The topological polar surface area (TPSA) is 20.2 Å². The van der Waals surface area contributed by atoms with E-state index in [9.17, 15) is 0 Å². The zero-order chi connectivity index (χ0) is 11.8. The van der Waals surface area contributed by atoms with Crippen molar-refractivity contribution in [3.8, 4) is 0 Å². The van der Waals surface area contributed by atoms with Gasteiger partial charge in [-0.25, -0.2) is 0 Å². The van der Waals surface area contributed by atoms with Gasteiger partial charge in [-0.05, 0) is 31.1 Å². The van der Waals surface area contributed by atoms with E-state index in [2.05, 4.69) is 54.1 Å². The first kappa shape index (κ1) is 13.3. The summed E-state index contributed by atoms with van der Waals surface area (Å²) < 4.78 is 2.09. The van der Waals surface area contributed by atoms with E-state index in [1.54, 1.807) is 0 Å². The van der Waals surface area contributed by atoms with Crippen LogP contribution < -0.4 is 5.32 Å². The fraction of sp³-hybridized carbons (Fsp3) is 0.692. The van der Waals surface area contributed by atoms with Gasteiger partial charge in [-0.2, -0.15) is 0 Å². The Morgan fingerprint density at radius 3 is 2.69 bits per heavy atom. The Morgan fingerprint density at radius 1 is 1.31 bits per heavy atom. The maximum absolute atomic E-state index is 3.48. The predicted molar refractivity (Wildman–Crippen MR) is 69.5 cm³/mol. The van der Waals surface area contributed by atoms with Crippen molar-refractivity contribution in [2.45, 2.75) is 26.8 Å². The van der Waals surface area contributed by atoms with Crippen LogP contribution in [0.5, 0.6) is 0 Å². The highest BCUT2D eigenvalue weighted by molar-refractivity contribution is 5.09. The van der Waals surface area contributed by atoms with E-state index in [0.717, 1.165) is 26.2 Å². The van der Waals surface area contributed by atoms with Crippen LogP contribution >= 0.6 is 0 Å². The van der Waals surface area contributed by atoms with Gasteiger partial charge >= 0.3 is 0 Å². The Labute approximate surface area is 99.4 Å². The lowest BCUT2D eigenvalue weighted by molar-refractivity contribution is 0.287. The predicted octanol–water partition coefficient (Wildman–Crippen LogP) is 1.85. The van der Waals surface area contributed by atoms with E-state index in [1.165, 1.54) is 18.5 Å². The van der Waals surface area contributed by atoms with Gasteiger partial charge < -0.3 is 14.8 Å². The first-order chi connectivity index (χ1) is 7.76. The molecule has 0 aliphatic heterocycles. The molecule has 0 aromatic carbocycles. The van der Waals surface area contributed by atoms with Crippen LogP contribution in [0.3, 0.4) is 0 Å². The molecule has 1 rings (SSSR count). The molecule has 0 spiro atoms. The second-order valence-corrected chi connectivity index (χ2v) is 4.30. The Morgan fingerprint density at radius 2 is 2.12 bits per heavy atom. The van der Waals surface area contributed by atoms with E-state index in [4.69, 9.17) is 0 Å². The van der Waals surface area contributed by atoms with Gasteiger partial charge in [0.1, 0.15) is 0 Å². The van der Waals surface area contributed by atoms with Crippen molar-refractivity contribution in [1.29, 1.82) is 0 Å². The van der Waals surface area contributed by atoms with Gasteiger partial charge in [0.25, 0.3) is 0 Å². The van der Waals surface area contributed by atoms with E-state index in [0.29, 0.717) is 0 Å². The molecule has 0 saturated heterocycles. The van der Waals surface area contributed by atoms with Crippen LogP contribution in [0.1, 0.15) is 25.8 Å². The van der Waals surface area contributed by atoms with Crippen LogP contribution in [-0.4, -0.2) is 35.6 Å². The zero-order valence-electron chi connectivity index (χ0n) is 10.9. The van der Waals surface area contributed by atoms with Gasteiger partial charge in [-0.1, -0.05) is 13.8 Å². The normalized spacial score (nSPS) is 11.2. The van der Waals surface area contributed by atoms with Crippen molar-refractivity contribution in [1.82, 2.24) is 14.8 Å². The number of likely N-dealkylation sites (N-methyl/N-ethyl adjacent to an activating group) is 1. The highest BCUT2D eigenvalue weighted by atomic mass is 15.1. The third-order valence-electron chi connectivity index (χ3n) is 2.81. The molecule has 0 fully saturated rings. The van der Waals surface area contributed by atoms with Gasteiger partial charge in [-0.3, -0.25) is 0 Å². The summed E-state index contributed by atoms with van der Waals surface area (Å²) >= 11 is 0.